The summed E-state index contributed by atoms with van der Waals surface area (Å²) in [5.41, 5.74) is 1.29. The Morgan fingerprint density at radius 1 is 1.16 bits per heavy atom. The molecule has 1 aliphatic heterocycles. The van der Waals surface area contributed by atoms with E-state index in [-0.39, 0.29) is 37.1 Å². The van der Waals surface area contributed by atoms with Crippen molar-refractivity contribution in [2.24, 2.45) is 0 Å². The molecular formula is C18H19N3O3S. The number of benzene rings is 1. The zero-order valence-corrected chi connectivity index (χ0v) is 14.5. The molecule has 1 aliphatic rings. The molecule has 0 saturated heterocycles. The molecule has 6 nitrogen and oxygen atoms in total. The first-order chi connectivity index (χ1) is 12.1. The van der Waals surface area contributed by atoms with Crippen LogP contribution in [0.1, 0.15) is 17.7 Å². The van der Waals surface area contributed by atoms with Gasteiger partial charge in [0.15, 0.2) is 0 Å². The van der Waals surface area contributed by atoms with Gasteiger partial charge in [0.05, 0.1) is 11.4 Å². The average molecular weight is 357 g/mol. The van der Waals surface area contributed by atoms with E-state index in [1.165, 1.54) is 9.78 Å². The normalized spacial score (nSPS) is 13.1. The molecule has 0 atom stereocenters. The van der Waals surface area contributed by atoms with Crippen LogP contribution in [0.5, 0.6) is 0 Å². The zero-order valence-electron chi connectivity index (χ0n) is 13.7. The topological polar surface area (TPSA) is 78.5 Å². The summed E-state index contributed by atoms with van der Waals surface area (Å²) in [6, 6.07) is 11.2. The molecule has 0 radical (unpaired) electrons. The minimum absolute atomic E-state index is 0.0180. The Balaban J connectivity index is 1.49. The van der Waals surface area contributed by atoms with Gasteiger partial charge in [-0.05, 0) is 30.0 Å². The number of carbonyl (C=O) groups is 3. The molecule has 2 aromatic rings. The van der Waals surface area contributed by atoms with Gasteiger partial charge in [-0.25, -0.2) is 0 Å². The van der Waals surface area contributed by atoms with Crippen molar-refractivity contribution in [3.05, 3.63) is 46.7 Å². The van der Waals surface area contributed by atoms with Gasteiger partial charge in [-0.15, -0.1) is 11.3 Å². The van der Waals surface area contributed by atoms with Crippen LogP contribution in [0.15, 0.2) is 41.8 Å². The Kier molecular flexibility index (Phi) is 5.45. The smallest absolute Gasteiger partial charge is 0.244 e. The highest BCUT2D eigenvalue weighted by atomic mass is 32.1. The van der Waals surface area contributed by atoms with E-state index < -0.39 is 0 Å². The van der Waals surface area contributed by atoms with Gasteiger partial charge in [-0.2, -0.15) is 0 Å². The van der Waals surface area contributed by atoms with Crippen LogP contribution in [0.4, 0.5) is 11.4 Å². The molecule has 0 spiro atoms. The largest absolute Gasteiger partial charge is 0.356 e. The van der Waals surface area contributed by atoms with E-state index in [1.54, 1.807) is 29.5 Å². The van der Waals surface area contributed by atoms with Crippen LogP contribution in [0.25, 0.3) is 0 Å². The first-order valence-electron chi connectivity index (χ1n) is 8.12. The van der Waals surface area contributed by atoms with Gasteiger partial charge in [-0.1, -0.05) is 18.2 Å². The summed E-state index contributed by atoms with van der Waals surface area (Å²) in [6.45, 7) is 0.540. The minimum atomic E-state index is -0.229. The third-order valence-corrected chi connectivity index (χ3v) is 4.85. The first-order valence-corrected chi connectivity index (χ1v) is 9.00. The van der Waals surface area contributed by atoms with Gasteiger partial charge in [0, 0.05) is 24.3 Å². The van der Waals surface area contributed by atoms with E-state index in [0.717, 1.165) is 6.42 Å². The second kappa shape index (κ2) is 7.94. The number of carbonyl (C=O) groups excluding carboxylic acids is 3. The highest BCUT2D eigenvalue weighted by Gasteiger charge is 2.26. The van der Waals surface area contributed by atoms with E-state index in [2.05, 4.69) is 10.6 Å². The summed E-state index contributed by atoms with van der Waals surface area (Å²) in [6.07, 6.45) is 0.979. The minimum Gasteiger partial charge on any atom is -0.356 e. The van der Waals surface area contributed by atoms with Gasteiger partial charge < -0.3 is 15.5 Å². The standard InChI is InChI=1S/C18H19N3O3S/c22-16(19-10-9-13-4-3-11-25-13)7-8-18(24)21-12-17(23)20-14-5-1-2-6-15(14)21/h1-6,11H,7-10,12H2,(H,19,22)(H,20,23). The molecule has 3 amide bonds. The third kappa shape index (κ3) is 4.45. The number of amides is 3. The molecule has 0 saturated carbocycles. The van der Waals surface area contributed by atoms with Crippen molar-refractivity contribution >= 4 is 40.4 Å². The molecule has 0 bridgehead atoms. The van der Waals surface area contributed by atoms with Crippen molar-refractivity contribution in [2.45, 2.75) is 19.3 Å². The monoisotopic (exact) mass is 357 g/mol. The second-order valence-electron chi connectivity index (χ2n) is 5.72. The summed E-state index contributed by atoms with van der Waals surface area (Å²) in [7, 11) is 0. The lowest BCUT2D eigenvalue weighted by atomic mass is 10.1. The number of thiophene rings is 1. The van der Waals surface area contributed by atoms with E-state index >= 15 is 0 Å². The molecule has 2 heterocycles. The molecule has 0 aliphatic carbocycles. The van der Waals surface area contributed by atoms with Crippen LogP contribution in [-0.4, -0.2) is 30.8 Å². The van der Waals surface area contributed by atoms with E-state index in [4.69, 9.17) is 0 Å². The Hall–Kier alpha value is -2.67. The maximum Gasteiger partial charge on any atom is 0.244 e. The van der Waals surface area contributed by atoms with Crippen molar-refractivity contribution in [1.29, 1.82) is 0 Å². The van der Waals surface area contributed by atoms with Crippen LogP contribution in [-0.2, 0) is 20.8 Å². The van der Waals surface area contributed by atoms with Crippen molar-refractivity contribution < 1.29 is 14.4 Å². The fourth-order valence-electron chi connectivity index (χ4n) is 2.68. The Morgan fingerprint density at radius 2 is 2.00 bits per heavy atom. The second-order valence-corrected chi connectivity index (χ2v) is 6.76. The highest BCUT2D eigenvalue weighted by molar-refractivity contribution is 7.09. The maximum absolute atomic E-state index is 12.4. The van der Waals surface area contributed by atoms with Crippen molar-refractivity contribution in [2.75, 3.05) is 23.3 Å². The quantitative estimate of drug-likeness (QED) is 0.832. The number of anilines is 2. The predicted octanol–water partition coefficient (Wildman–Crippen LogP) is 2.17. The summed E-state index contributed by atoms with van der Waals surface area (Å²) in [4.78, 5) is 38.8. The van der Waals surface area contributed by atoms with Crippen molar-refractivity contribution in [3.8, 4) is 0 Å². The maximum atomic E-state index is 12.4. The van der Waals surface area contributed by atoms with Gasteiger partial charge in [-0.3, -0.25) is 14.4 Å². The number of fused-ring (bicyclic) bond motifs is 1. The van der Waals surface area contributed by atoms with Crippen molar-refractivity contribution in [1.82, 2.24) is 5.32 Å². The molecule has 3 rings (SSSR count). The summed E-state index contributed by atoms with van der Waals surface area (Å²) < 4.78 is 0. The summed E-state index contributed by atoms with van der Waals surface area (Å²) in [5, 5.41) is 7.57. The third-order valence-electron chi connectivity index (χ3n) is 3.91. The van der Waals surface area contributed by atoms with Crippen LogP contribution in [0.3, 0.4) is 0 Å². The van der Waals surface area contributed by atoms with Crippen LogP contribution >= 0.6 is 11.3 Å². The fraction of sp³-hybridized carbons (Fsp3) is 0.278. The molecular weight excluding hydrogens is 338 g/mol. The Bertz CT molecular complexity index is 774. The lowest BCUT2D eigenvalue weighted by Gasteiger charge is -2.29. The number of hydrogen-bond acceptors (Lipinski definition) is 4. The SMILES string of the molecule is O=C(CCC(=O)N1CC(=O)Nc2ccccc21)NCCc1cccs1. The molecule has 0 fully saturated rings. The Labute approximate surface area is 149 Å². The molecule has 0 unspecified atom stereocenters. The van der Waals surface area contributed by atoms with E-state index in [9.17, 15) is 14.4 Å². The number of nitrogens with zero attached hydrogens (tertiary/aromatic N) is 1. The molecule has 7 heteroatoms. The molecule has 25 heavy (non-hydrogen) atoms. The fourth-order valence-corrected chi connectivity index (χ4v) is 3.39. The summed E-state index contributed by atoms with van der Waals surface area (Å²) in [5.74, 6) is -0.609. The number of hydrogen-bond donors (Lipinski definition) is 2. The van der Waals surface area contributed by atoms with Gasteiger partial charge >= 0.3 is 0 Å². The average Bonchev–Trinajstić information content (AvgIpc) is 3.12. The molecule has 1 aromatic carbocycles. The summed E-state index contributed by atoms with van der Waals surface area (Å²) >= 11 is 1.66. The lowest BCUT2D eigenvalue weighted by Crippen LogP contribution is -2.42. The number of para-hydroxylation sites is 2. The Morgan fingerprint density at radius 3 is 2.80 bits per heavy atom. The highest BCUT2D eigenvalue weighted by Crippen LogP contribution is 2.29. The zero-order chi connectivity index (χ0) is 17.6. The van der Waals surface area contributed by atoms with Crippen LogP contribution in [0.2, 0.25) is 0 Å². The van der Waals surface area contributed by atoms with E-state index in [1.807, 2.05) is 23.6 Å². The van der Waals surface area contributed by atoms with E-state index in [0.29, 0.717) is 17.9 Å². The first kappa shape index (κ1) is 17.2. The number of rotatable bonds is 6. The van der Waals surface area contributed by atoms with Crippen molar-refractivity contribution in [3.63, 3.8) is 0 Å². The van der Waals surface area contributed by atoms with Gasteiger partial charge in [0.1, 0.15) is 6.54 Å². The molecule has 1 aromatic heterocycles. The van der Waals surface area contributed by atoms with Crippen LogP contribution in [0, 0.1) is 0 Å². The van der Waals surface area contributed by atoms with Crippen LogP contribution < -0.4 is 15.5 Å². The number of nitrogens with one attached hydrogen (secondary N) is 2. The van der Waals surface area contributed by atoms with Gasteiger partial charge in [0.2, 0.25) is 17.7 Å². The lowest BCUT2D eigenvalue weighted by molar-refractivity contribution is -0.125. The molecule has 130 valence electrons. The van der Waals surface area contributed by atoms with Gasteiger partial charge in [0.25, 0.3) is 0 Å². The molecule has 2 N–H and O–H groups in total. The predicted molar refractivity (Wildman–Crippen MR) is 97.7 cm³/mol.